The molecule has 0 aliphatic carbocycles. The smallest absolute Gasteiger partial charge is 0.239 e. The van der Waals surface area contributed by atoms with E-state index in [4.69, 9.17) is 11.5 Å². The lowest BCUT2D eigenvalue weighted by atomic mass is 9.84. The number of rotatable bonds is 2. The summed E-state index contributed by atoms with van der Waals surface area (Å²) in [6.45, 7) is 4.98. The molecule has 1 heterocycles. The van der Waals surface area contributed by atoms with Crippen LogP contribution in [0.1, 0.15) is 20.3 Å². The Kier molecular flexibility index (Phi) is 2.63. The third-order valence-corrected chi connectivity index (χ3v) is 2.97. The molecule has 4 nitrogen and oxygen atoms in total. The highest BCUT2D eigenvalue weighted by molar-refractivity contribution is 5.85. The van der Waals surface area contributed by atoms with Gasteiger partial charge in [-0.3, -0.25) is 4.79 Å². The molecule has 0 radical (unpaired) electrons. The van der Waals surface area contributed by atoms with Gasteiger partial charge in [0.05, 0.1) is 0 Å². The summed E-state index contributed by atoms with van der Waals surface area (Å²) in [6.07, 6.45) is 0.668. The van der Waals surface area contributed by atoms with E-state index in [9.17, 15) is 4.79 Å². The Morgan fingerprint density at radius 2 is 2.15 bits per heavy atom. The molecule has 4 heteroatoms. The third-order valence-electron chi connectivity index (χ3n) is 2.97. The lowest BCUT2D eigenvalue weighted by Gasteiger charge is -2.34. The maximum absolute atomic E-state index is 11.3. The van der Waals surface area contributed by atoms with Gasteiger partial charge in [0.15, 0.2) is 0 Å². The van der Waals surface area contributed by atoms with Crippen molar-refractivity contribution in [3.63, 3.8) is 0 Å². The summed E-state index contributed by atoms with van der Waals surface area (Å²) in [7, 11) is 1.99. The Labute approximate surface area is 79.3 Å². The number of hydrogen-bond acceptors (Lipinski definition) is 3. The molecule has 4 N–H and O–H groups in total. The van der Waals surface area contributed by atoms with Crippen LogP contribution in [-0.2, 0) is 4.79 Å². The van der Waals surface area contributed by atoms with Crippen molar-refractivity contribution in [2.24, 2.45) is 17.4 Å². The van der Waals surface area contributed by atoms with Crippen LogP contribution in [0.5, 0.6) is 0 Å². The van der Waals surface area contributed by atoms with Crippen molar-refractivity contribution in [1.29, 1.82) is 0 Å². The molecule has 0 aromatic heterocycles. The Morgan fingerprint density at radius 3 is 2.46 bits per heavy atom. The summed E-state index contributed by atoms with van der Waals surface area (Å²) in [5.41, 5.74) is 10.5. The Bertz CT molecular complexity index is 217. The number of nitrogens with two attached hydrogens (primary N) is 2. The fourth-order valence-electron chi connectivity index (χ4n) is 2.41. The molecule has 0 bridgehead atoms. The second-order valence-corrected chi connectivity index (χ2v) is 4.32. The van der Waals surface area contributed by atoms with E-state index < -0.39 is 5.54 Å². The quantitative estimate of drug-likeness (QED) is 0.611. The van der Waals surface area contributed by atoms with E-state index in [2.05, 4.69) is 18.7 Å². The van der Waals surface area contributed by atoms with Crippen LogP contribution in [0, 0.1) is 5.92 Å². The van der Waals surface area contributed by atoms with Gasteiger partial charge in [-0.2, -0.15) is 0 Å². The molecule has 1 amide bonds. The largest absolute Gasteiger partial charge is 0.368 e. The minimum absolute atomic E-state index is 0.0741. The number of nitrogens with zero attached hydrogens (tertiary/aromatic N) is 1. The molecule has 1 saturated heterocycles. The fraction of sp³-hybridized carbons (Fsp3) is 0.889. The summed E-state index contributed by atoms with van der Waals surface area (Å²) >= 11 is 0. The summed E-state index contributed by atoms with van der Waals surface area (Å²) in [5, 5.41) is 0. The number of carbonyl (C=O) groups excluding carboxylic acids is 1. The van der Waals surface area contributed by atoms with E-state index in [-0.39, 0.29) is 11.9 Å². The zero-order chi connectivity index (χ0) is 10.2. The molecule has 2 atom stereocenters. The predicted octanol–water partition coefficient (Wildman–Crippen LogP) is -0.471. The SMILES string of the molecule is CC(C)C1N(C)CCC1(N)C(N)=O. The highest BCUT2D eigenvalue weighted by Crippen LogP contribution is 2.29. The summed E-state index contributed by atoms with van der Waals surface area (Å²) < 4.78 is 0. The van der Waals surface area contributed by atoms with E-state index in [1.54, 1.807) is 0 Å². The highest BCUT2D eigenvalue weighted by atomic mass is 16.1. The van der Waals surface area contributed by atoms with Crippen LogP contribution in [0.3, 0.4) is 0 Å². The summed E-state index contributed by atoms with van der Waals surface area (Å²) in [4.78, 5) is 13.4. The average Bonchev–Trinajstić information content (AvgIpc) is 2.28. The van der Waals surface area contributed by atoms with Gasteiger partial charge in [-0.05, 0) is 19.4 Å². The maximum Gasteiger partial charge on any atom is 0.239 e. The van der Waals surface area contributed by atoms with E-state index in [0.29, 0.717) is 12.3 Å². The lowest BCUT2D eigenvalue weighted by Crippen LogP contribution is -2.61. The number of likely N-dealkylation sites (tertiary alicyclic amines) is 1. The summed E-state index contributed by atoms with van der Waals surface area (Å²) in [5.74, 6) is -0.0273. The standard InChI is InChI=1S/C9H19N3O/c1-6(2)7-9(11,8(10)13)4-5-12(7)3/h6-7H,4-5,11H2,1-3H3,(H2,10,13). The molecule has 1 fully saturated rings. The Balaban J connectivity index is 2.92. The Morgan fingerprint density at radius 1 is 1.62 bits per heavy atom. The van der Waals surface area contributed by atoms with Gasteiger partial charge in [-0.1, -0.05) is 13.8 Å². The number of hydrogen-bond donors (Lipinski definition) is 2. The first-order chi connectivity index (χ1) is 5.89. The second-order valence-electron chi connectivity index (χ2n) is 4.32. The van der Waals surface area contributed by atoms with Gasteiger partial charge in [0.1, 0.15) is 5.54 Å². The van der Waals surface area contributed by atoms with Gasteiger partial charge >= 0.3 is 0 Å². The van der Waals surface area contributed by atoms with Crippen LogP contribution < -0.4 is 11.5 Å². The van der Waals surface area contributed by atoms with Crippen molar-refractivity contribution in [3.05, 3.63) is 0 Å². The Hall–Kier alpha value is -0.610. The lowest BCUT2D eigenvalue weighted by molar-refractivity contribution is -0.124. The summed E-state index contributed by atoms with van der Waals surface area (Å²) in [6, 6.07) is 0.0741. The molecule has 76 valence electrons. The van der Waals surface area contributed by atoms with Gasteiger partial charge in [0.2, 0.25) is 5.91 Å². The van der Waals surface area contributed by atoms with Crippen molar-refractivity contribution in [3.8, 4) is 0 Å². The zero-order valence-corrected chi connectivity index (χ0v) is 8.58. The number of carbonyl (C=O) groups is 1. The normalized spacial score (nSPS) is 35.6. The molecule has 0 aromatic carbocycles. The van der Waals surface area contributed by atoms with Crippen molar-refractivity contribution in [2.45, 2.75) is 31.8 Å². The van der Waals surface area contributed by atoms with Gasteiger partial charge < -0.3 is 16.4 Å². The molecular weight excluding hydrogens is 166 g/mol. The molecule has 2 unspecified atom stereocenters. The van der Waals surface area contributed by atoms with Crippen LogP contribution in [0.15, 0.2) is 0 Å². The second kappa shape index (κ2) is 3.27. The van der Waals surface area contributed by atoms with E-state index in [1.807, 2.05) is 7.05 Å². The van der Waals surface area contributed by atoms with Crippen LogP contribution in [0.4, 0.5) is 0 Å². The average molecular weight is 185 g/mol. The molecule has 1 rings (SSSR count). The first-order valence-electron chi connectivity index (χ1n) is 4.68. The monoisotopic (exact) mass is 185 g/mol. The molecule has 0 spiro atoms. The number of amides is 1. The first-order valence-corrected chi connectivity index (χ1v) is 4.68. The van der Waals surface area contributed by atoms with Crippen LogP contribution in [0.25, 0.3) is 0 Å². The molecule has 0 saturated carbocycles. The number of primary amides is 1. The van der Waals surface area contributed by atoms with Crippen LogP contribution in [0.2, 0.25) is 0 Å². The van der Waals surface area contributed by atoms with E-state index in [0.717, 1.165) is 6.54 Å². The molecule has 1 aliphatic heterocycles. The fourth-order valence-corrected chi connectivity index (χ4v) is 2.41. The minimum atomic E-state index is -0.830. The van der Waals surface area contributed by atoms with Gasteiger partial charge in [0, 0.05) is 12.6 Å². The molecule has 1 aliphatic rings. The predicted molar refractivity (Wildman–Crippen MR) is 52.0 cm³/mol. The topological polar surface area (TPSA) is 72.3 Å². The van der Waals surface area contributed by atoms with E-state index >= 15 is 0 Å². The number of likely N-dealkylation sites (N-methyl/N-ethyl adjacent to an activating group) is 1. The van der Waals surface area contributed by atoms with Crippen molar-refractivity contribution >= 4 is 5.91 Å². The van der Waals surface area contributed by atoms with Crippen LogP contribution >= 0.6 is 0 Å². The van der Waals surface area contributed by atoms with Crippen LogP contribution in [-0.4, -0.2) is 36.0 Å². The maximum atomic E-state index is 11.3. The molecule has 0 aromatic rings. The van der Waals surface area contributed by atoms with Gasteiger partial charge in [0.25, 0.3) is 0 Å². The molecular formula is C9H19N3O. The zero-order valence-electron chi connectivity index (χ0n) is 8.58. The van der Waals surface area contributed by atoms with Gasteiger partial charge in [-0.15, -0.1) is 0 Å². The molecule has 13 heavy (non-hydrogen) atoms. The van der Waals surface area contributed by atoms with Crippen molar-refractivity contribution < 1.29 is 4.79 Å². The van der Waals surface area contributed by atoms with Crippen molar-refractivity contribution in [1.82, 2.24) is 4.90 Å². The van der Waals surface area contributed by atoms with Crippen molar-refractivity contribution in [2.75, 3.05) is 13.6 Å². The first kappa shape index (κ1) is 10.5. The minimum Gasteiger partial charge on any atom is -0.368 e. The van der Waals surface area contributed by atoms with E-state index in [1.165, 1.54) is 0 Å². The highest BCUT2D eigenvalue weighted by Gasteiger charge is 2.48. The third kappa shape index (κ3) is 1.56. The van der Waals surface area contributed by atoms with Gasteiger partial charge in [-0.25, -0.2) is 0 Å².